The first-order valence-corrected chi connectivity index (χ1v) is 9.01. The van der Waals surface area contributed by atoms with E-state index in [2.05, 4.69) is 14.2 Å². The maximum atomic E-state index is 10.9. The van der Waals surface area contributed by atoms with E-state index in [4.69, 9.17) is 14.6 Å². The second kappa shape index (κ2) is 7.24. The van der Waals surface area contributed by atoms with Gasteiger partial charge in [-0.2, -0.15) is 8.42 Å². The maximum Gasteiger partial charge on any atom is 0.333 e. The second-order valence-corrected chi connectivity index (χ2v) is 6.62. The lowest BCUT2D eigenvalue weighted by Gasteiger charge is -2.11. The molecule has 0 radical (unpaired) electrons. The Labute approximate surface area is 150 Å². The van der Waals surface area contributed by atoms with Gasteiger partial charge in [0, 0.05) is 17.0 Å². The summed E-state index contributed by atoms with van der Waals surface area (Å²) in [6.45, 7) is -0.130. The number of methoxy groups -OCH3 is 2. The molecule has 0 unspecified atom stereocenters. The Balaban J connectivity index is 1.99. The fourth-order valence-electron chi connectivity index (χ4n) is 2.52. The third-order valence-corrected chi connectivity index (χ3v) is 4.20. The van der Waals surface area contributed by atoms with Crippen LogP contribution >= 0.6 is 0 Å². The number of nitrogens with two attached hydrogens (primary N) is 1. The summed E-state index contributed by atoms with van der Waals surface area (Å²) in [7, 11) is -0.848. The van der Waals surface area contributed by atoms with Crippen molar-refractivity contribution in [1.29, 1.82) is 0 Å². The van der Waals surface area contributed by atoms with Gasteiger partial charge in [-0.15, -0.1) is 0 Å². The van der Waals surface area contributed by atoms with Crippen LogP contribution in [0, 0.1) is 0 Å². The van der Waals surface area contributed by atoms with Gasteiger partial charge in [0.2, 0.25) is 0 Å². The highest BCUT2D eigenvalue weighted by Crippen LogP contribution is 2.35. The van der Waals surface area contributed by atoms with Crippen LogP contribution in [-0.4, -0.2) is 32.6 Å². The molecule has 0 aliphatic heterocycles. The molecule has 9 heteroatoms. The number of hydrogen-bond acceptors (Lipinski definition) is 7. The molecule has 0 amide bonds. The Hall–Kier alpha value is -2.75. The van der Waals surface area contributed by atoms with Crippen LogP contribution in [0.15, 0.2) is 42.7 Å². The lowest BCUT2D eigenvalue weighted by Crippen LogP contribution is -2.15. The molecule has 2 aromatic carbocycles. The number of benzene rings is 2. The molecule has 26 heavy (non-hydrogen) atoms. The zero-order valence-corrected chi connectivity index (χ0v) is 15.0. The van der Waals surface area contributed by atoms with Crippen molar-refractivity contribution in [2.45, 2.75) is 6.61 Å². The van der Waals surface area contributed by atoms with Crippen molar-refractivity contribution in [3.05, 3.63) is 48.3 Å². The molecular weight excluding hydrogens is 358 g/mol. The van der Waals surface area contributed by atoms with Gasteiger partial charge in [-0.1, -0.05) is 24.3 Å². The van der Waals surface area contributed by atoms with Crippen molar-refractivity contribution < 1.29 is 22.1 Å². The quantitative estimate of drug-likeness (QED) is 0.701. The van der Waals surface area contributed by atoms with Crippen LogP contribution in [0.3, 0.4) is 0 Å². The molecule has 136 valence electrons. The topological polar surface area (TPSA) is 114 Å². The van der Waals surface area contributed by atoms with Gasteiger partial charge in [-0.05, 0) is 11.6 Å². The van der Waals surface area contributed by atoms with E-state index in [1.165, 1.54) is 6.33 Å². The van der Waals surface area contributed by atoms with Crippen LogP contribution in [0.25, 0.3) is 22.2 Å². The monoisotopic (exact) mass is 375 g/mol. The smallest absolute Gasteiger partial charge is 0.333 e. The van der Waals surface area contributed by atoms with Crippen LogP contribution < -0.4 is 14.6 Å². The standard InChI is InChI=1S/C17H17N3O5S/c1-23-15-7-13-14(8-16(15)24-2)19-10-20-17(13)12-5-3-11(4-6-12)9-25-26(18,21)22/h3-8,10H,9H2,1-2H3,(H2,18,21,22). The Morgan fingerprint density at radius 2 is 1.65 bits per heavy atom. The molecule has 0 atom stereocenters. The van der Waals surface area contributed by atoms with E-state index in [-0.39, 0.29) is 6.61 Å². The second-order valence-electron chi connectivity index (χ2n) is 5.40. The van der Waals surface area contributed by atoms with E-state index < -0.39 is 10.3 Å². The summed E-state index contributed by atoms with van der Waals surface area (Å²) in [4.78, 5) is 8.65. The van der Waals surface area contributed by atoms with Crippen molar-refractivity contribution in [3.63, 3.8) is 0 Å². The highest BCUT2D eigenvalue weighted by Gasteiger charge is 2.12. The average molecular weight is 375 g/mol. The SMILES string of the molecule is COc1cc2ncnc(-c3ccc(COS(N)(=O)=O)cc3)c2cc1OC. The molecule has 0 saturated carbocycles. The minimum atomic E-state index is -3.97. The highest BCUT2D eigenvalue weighted by molar-refractivity contribution is 7.84. The van der Waals surface area contributed by atoms with Crippen LogP contribution in [0.2, 0.25) is 0 Å². The predicted molar refractivity (Wildman–Crippen MR) is 96.0 cm³/mol. The van der Waals surface area contributed by atoms with E-state index in [1.807, 2.05) is 18.2 Å². The summed E-state index contributed by atoms with van der Waals surface area (Å²) in [5.41, 5.74) is 2.94. The summed E-state index contributed by atoms with van der Waals surface area (Å²) < 4.78 is 37.0. The average Bonchev–Trinajstić information content (AvgIpc) is 2.64. The Bertz CT molecular complexity index is 1040. The van der Waals surface area contributed by atoms with Gasteiger partial charge in [0.05, 0.1) is 32.0 Å². The highest BCUT2D eigenvalue weighted by atomic mass is 32.2. The maximum absolute atomic E-state index is 10.9. The van der Waals surface area contributed by atoms with Gasteiger partial charge in [0.25, 0.3) is 0 Å². The summed E-state index contributed by atoms with van der Waals surface area (Å²) >= 11 is 0. The lowest BCUT2D eigenvalue weighted by molar-refractivity contribution is 0.308. The molecule has 0 aliphatic rings. The van der Waals surface area contributed by atoms with Gasteiger partial charge >= 0.3 is 10.3 Å². The van der Waals surface area contributed by atoms with Gasteiger partial charge < -0.3 is 9.47 Å². The van der Waals surface area contributed by atoms with Crippen molar-refractivity contribution in [2.24, 2.45) is 5.14 Å². The van der Waals surface area contributed by atoms with E-state index in [1.54, 1.807) is 32.4 Å². The molecule has 1 aromatic heterocycles. The normalized spacial score (nSPS) is 11.5. The zero-order valence-electron chi connectivity index (χ0n) is 14.2. The third-order valence-electron chi connectivity index (χ3n) is 3.76. The Morgan fingerprint density at radius 1 is 1.00 bits per heavy atom. The first kappa shape index (κ1) is 18.1. The summed E-state index contributed by atoms with van der Waals surface area (Å²) in [6, 6.07) is 10.7. The number of ether oxygens (including phenoxy) is 2. The van der Waals surface area contributed by atoms with E-state index >= 15 is 0 Å². The molecular formula is C17H17N3O5S. The van der Waals surface area contributed by atoms with Crippen LogP contribution in [0.5, 0.6) is 11.5 Å². The number of nitrogens with zero attached hydrogens (tertiary/aromatic N) is 2. The number of fused-ring (bicyclic) bond motifs is 1. The minimum Gasteiger partial charge on any atom is -0.493 e. The van der Waals surface area contributed by atoms with Crippen molar-refractivity contribution in [3.8, 4) is 22.8 Å². The van der Waals surface area contributed by atoms with Gasteiger partial charge in [0.1, 0.15) is 6.33 Å². The Morgan fingerprint density at radius 3 is 2.27 bits per heavy atom. The molecule has 8 nitrogen and oxygen atoms in total. The fourth-order valence-corrected chi connectivity index (χ4v) is 2.82. The largest absolute Gasteiger partial charge is 0.493 e. The first-order chi connectivity index (χ1) is 12.4. The summed E-state index contributed by atoms with van der Waals surface area (Å²) in [6.07, 6.45) is 1.47. The van der Waals surface area contributed by atoms with Crippen molar-refractivity contribution in [1.82, 2.24) is 9.97 Å². The summed E-state index contributed by atoms with van der Waals surface area (Å²) in [5.74, 6) is 1.16. The van der Waals surface area contributed by atoms with E-state index in [9.17, 15) is 8.42 Å². The molecule has 0 aliphatic carbocycles. The Kier molecular flexibility index (Phi) is 5.03. The predicted octanol–water partition coefficient (Wildman–Crippen LogP) is 2.03. The van der Waals surface area contributed by atoms with Gasteiger partial charge in [-0.25, -0.2) is 15.1 Å². The zero-order chi connectivity index (χ0) is 18.7. The van der Waals surface area contributed by atoms with Crippen LogP contribution in [-0.2, 0) is 21.1 Å². The number of rotatable bonds is 6. The van der Waals surface area contributed by atoms with Crippen molar-refractivity contribution >= 4 is 21.2 Å². The molecule has 0 saturated heterocycles. The molecule has 2 N–H and O–H groups in total. The number of aromatic nitrogens is 2. The fraction of sp³-hybridized carbons (Fsp3) is 0.176. The minimum absolute atomic E-state index is 0.130. The van der Waals surface area contributed by atoms with Gasteiger partial charge in [-0.3, -0.25) is 4.18 Å². The molecule has 0 fully saturated rings. The molecule has 1 heterocycles. The molecule has 3 rings (SSSR count). The van der Waals surface area contributed by atoms with Gasteiger partial charge in [0.15, 0.2) is 11.5 Å². The number of hydrogen-bond donors (Lipinski definition) is 1. The van der Waals surface area contributed by atoms with E-state index in [0.717, 1.165) is 16.6 Å². The summed E-state index contributed by atoms with van der Waals surface area (Å²) in [5, 5.41) is 5.63. The van der Waals surface area contributed by atoms with E-state index in [0.29, 0.717) is 22.6 Å². The third kappa shape index (κ3) is 3.90. The van der Waals surface area contributed by atoms with Crippen LogP contribution in [0.4, 0.5) is 0 Å². The molecule has 0 spiro atoms. The lowest BCUT2D eigenvalue weighted by atomic mass is 10.0. The molecule has 0 bridgehead atoms. The van der Waals surface area contributed by atoms with Crippen molar-refractivity contribution in [2.75, 3.05) is 14.2 Å². The molecule has 3 aromatic rings. The first-order valence-electron chi connectivity index (χ1n) is 7.54. The van der Waals surface area contributed by atoms with Crippen LogP contribution in [0.1, 0.15) is 5.56 Å².